The highest BCUT2D eigenvalue weighted by atomic mass is 35.5. The number of likely N-dealkylation sites (tertiary alicyclic amines) is 1. The molecule has 7 rings (SSSR count). The first-order valence-corrected chi connectivity index (χ1v) is 17.2. The lowest BCUT2D eigenvalue weighted by Crippen LogP contribution is -2.53. The van der Waals surface area contributed by atoms with Crippen molar-refractivity contribution in [1.29, 1.82) is 0 Å². The van der Waals surface area contributed by atoms with Crippen molar-refractivity contribution in [2.45, 2.75) is 43.9 Å². The summed E-state index contributed by atoms with van der Waals surface area (Å²) in [5.74, 6) is -8.06. The highest BCUT2D eigenvalue weighted by Gasteiger charge is 2.70. The van der Waals surface area contributed by atoms with Crippen LogP contribution in [-0.2, 0) is 29.4 Å². The molecule has 2 aliphatic carbocycles. The molecule has 3 N–H and O–H groups in total. The molecule has 13 heteroatoms. The molecule has 0 bridgehead atoms. The summed E-state index contributed by atoms with van der Waals surface area (Å²) >= 11 is 6.33. The van der Waals surface area contributed by atoms with Gasteiger partial charge in [0.05, 0.1) is 35.5 Å². The molecule has 3 aromatic carbocycles. The molecule has 4 amide bonds. The van der Waals surface area contributed by atoms with Crippen molar-refractivity contribution in [3.05, 3.63) is 100 Å². The Morgan fingerprint density at radius 3 is 2.41 bits per heavy atom. The van der Waals surface area contributed by atoms with E-state index in [4.69, 9.17) is 21.4 Å². The lowest BCUT2D eigenvalue weighted by molar-refractivity contribution is -0.142. The Bertz CT molecular complexity index is 1970. The number of phenolic OH excluding ortho intramolecular Hbond substituents is 1. The van der Waals surface area contributed by atoms with E-state index in [1.165, 1.54) is 24.3 Å². The van der Waals surface area contributed by atoms with E-state index in [9.17, 15) is 28.7 Å². The molecule has 4 aliphatic rings. The number of aromatic hydroxyl groups is 1. The van der Waals surface area contributed by atoms with Crippen molar-refractivity contribution in [2.24, 2.45) is 23.7 Å². The van der Waals surface area contributed by atoms with Gasteiger partial charge >= 0.3 is 5.97 Å². The third kappa shape index (κ3) is 5.43. The minimum atomic E-state index is -1.67. The van der Waals surface area contributed by atoms with Crippen LogP contribution < -0.4 is 10.2 Å². The van der Waals surface area contributed by atoms with Crippen LogP contribution in [0.25, 0.3) is 0 Å². The number of fused-ring (bicyclic) bond motifs is 4. The van der Waals surface area contributed by atoms with Crippen molar-refractivity contribution >= 4 is 46.9 Å². The minimum absolute atomic E-state index is 0.0200. The van der Waals surface area contributed by atoms with E-state index in [-0.39, 0.29) is 56.0 Å². The fourth-order valence-corrected chi connectivity index (χ4v) is 8.84. The maximum Gasteiger partial charge on any atom is 0.303 e. The molecular weight excluding hydrogens is 681 g/mol. The number of hydrogen-bond acceptors (Lipinski definition) is 8. The number of amides is 4. The van der Waals surface area contributed by atoms with Crippen molar-refractivity contribution in [2.75, 3.05) is 18.6 Å². The number of carbonyl (C=O) groups is 5. The number of nitrogens with one attached hydrogen (secondary N) is 1. The highest BCUT2D eigenvalue weighted by molar-refractivity contribution is 6.30. The van der Waals surface area contributed by atoms with Gasteiger partial charge < -0.3 is 14.9 Å². The van der Waals surface area contributed by atoms with Gasteiger partial charge in [-0.25, -0.2) is 4.39 Å². The number of imide groups is 2. The van der Waals surface area contributed by atoms with E-state index in [1.807, 2.05) is 6.08 Å². The van der Waals surface area contributed by atoms with Gasteiger partial charge in [0.25, 0.3) is 11.8 Å². The Hall–Kier alpha value is -5.23. The number of aliphatic carboxylic acids is 1. The Morgan fingerprint density at radius 1 is 1.00 bits per heavy atom. The van der Waals surface area contributed by atoms with Crippen LogP contribution in [0.4, 0.5) is 10.1 Å². The van der Waals surface area contributed by atoms with Crippen molar-refractivity contribution in [3.8, 4) is 11.5 Å². The summed E-state index contributed by atoms with van der Waals surface area (Å²) < 4.78 is 19.6. The molecule has 6 atom stereocenters. The zero-order valence-electron chi connectivity index (χ0n) is 27.6. The van der Waals surface area contributed by atoms with E-state index >= 15 is 4.79 Å². The number of carbonyl (C=O) groups excluding carboxylic acids is 4. The van der Waals surface area contributed by atoms with Crippen LogP contribution in [0.5, 0.6) is 11.5 Å². The molecule has 2 aliphatic heterocycles. The number of nitrogens with zero attached hydrogens (tertiary/aromatic N) is 2. The van der Waals surface area contributed by atoms with Crippen LogP contribution in [0, 0.1) is 29.5 Å². The van der Waals surface area contributed by atoms with Crippen LogP contribution in [0.15, 0.2) is 78.4 Å². The average molecular weight is 716 g/mol. The number of allylic oxidation sites excluding steroid dienone is 2. The van der Waals surface area contributed by atoms with Gasteiger partial charge in [-0.2, -0.15) is 5.01 Å². The largest absolute Gasteiger partial charge is 0.504 e. The SMILES string of the molecule is CCOc1cccc([C@H]2C3=CC[C@@H]4C(=O)N(CCCC(=O)O)C(=O)[C@@H]4[C@@H]3C[C@H]3C(=O)N(Nc4ccc(F)cc4)C(=O)[C@@]23c2ccc(Cl)cc2)c1O. The van der Waals surface area contributed by atoms with Gasteiger partial charge in [-0.05, 0) is 80.1 Å². The lowest BCUT2D eigenvalue weighted by atomic mass is 9.49. The molecule has 264 valence electrons. The van der Waals surface area contributed by atoms with Crippen molar-refractivity contribution < 1.29 is 43.3 Å². The number of para-hydroxylation sites is 1. The first-order chi connectivity index (χ1) is 24.5. The smallest absolute Gasteiger partial charge is 0.303 e. The van der Waals surface area contributed by atoms with Crippen LogP contribution in [0.1, 0.15) is 49.7 Å². The van der Waals surface area contributed by atoms with E-state index in [1.54, 1.807) is 49.4 Å². The molecule has 3 aromatic rings. The van der Waals surface area contributed by atoms with Crippen molar-refractivity contribution in [1.82, 2.24) is 9.91 Å². The van der Waals surface area contributed by atoms with Gasteiger partial charge in [0, 0.05) is 29.5 Å². The van der Waals surface area contributed by atoms with Gasteiger partial charge in [-0.1, -0.05) is 47.5 Å². The van der Waals surface area contributed by atoms with Gasteiger partial charge in [-0.3, -0.25) is 34.3 Å². The first-order valence-electron chi connectivity index (χ1n) is 16.9. The van der Waals surface area contributed by atoms with Crippen molar-refractivity contribution in [3.63, 3.8) is 0 Å². The number of ether oxygens (including phenoxy) is 1. The van der Waals surface area contributed by atoms with E-state index in [0.717, 1.165) is 9.91 Å². The van der Waals surface area contributed by atoms with Crippen LogP contribution in [0.2, 0.25) is 5.02 Å². The second kappa shape index (κ2) is 13.1. The summed E-state index contributed by atoms with van der Waals surface area (Å²) in [4.78, 5) is 70.0. The fraction of sp³-hybridized carbons (Fsp3) is 0.342. The number of rotatable bonds is 10. The van der Waals surface area contributed by atoms with E-state index in [0.29, 0.717) is 21.7 Å². The highest BCUT2D eigenvalue weighted by Crippen LogP contribution is 2.65. The molecule has 0 radical (unpaired) electrons. The topological polar surface area (TPSA) is 154 Å². The molecule has 0 aromatic heterocycles. The molecule has 0 spiro atoms. The lowest BCUT2D eigenvalue weighted by Gasteiger charge is -2.50. The summed E-state index contributed by atoms with van der Waals surface area (Å²) in [6.07, 6.45) is 1.93. The summed E-state index contributed by atoms with van der Waals surface area (Å²) in [5.41, 5.74) is 2.89. The monoisotopic (exact) mass is 715 g/mol. The number of carboxylic acids is 1. The van der Waals surface area contributed by atoms with E-state index in [2.05, 4.69) is 5.43 Å². The predicted molar refractivity (Wildman–Crippen MR) is 182 cm³/mol. The second-order valence-corrected chi connectivity index (χ2v) is 13.8. The second-order valence-electron chi connectivity index (χ2n) is 13.3. The quantitative estimate of drug-likeness (QED) is 0.184. The Kier molecular flexibility index (Phi) is 8.82. The molecule has 2 saturated heterocycles. The molecule has 0 unspecified atom stereocenters. The van der Waals surface area contributed by atoms with Crippen LogP contribution in [0.3, 0.4) is 0 Å². The maximum atomic E-state index is 15.2. The molecule has 2 heterocycles. The number of hydrogen-bond donors (Lipinski definition) is 3. The molecule has 3 fully saturated rings. The number of anilines is 1. The number of phenols is 1. The van der Waals surface area contributed by atoms with E-state index < -0.39 is 70.4 Å². The molecule has 11 nitrogen and oxygen atoms in total. The predicted octanol–water partition coefficient (Wildman–Crippen LogP) is 5.43. The molecular formula is C38H35ClFN3O8. The number of benzene rings is 3. The summed E-state index contributed by atoms with van der Waals surface area (Å²) in [7, 11) is 0. The summed E-state index contributed by atoms with van der Waals surface area (Å²) in [6.45, 7) is 1.95. The molecule has 1 saturated carbocycles. The van der Waals surface area contributed by atoms with Gasteiger partial charge in [0.1, 0.15) is 5.82 Å². The Balaban J connectivity index is 1.42. The van der Waals surface area contributed by atoms with Gasteiger partial charge in [0.15, 0.2) is 11.5 Å². The average Bonchev–Trinajstić information content (AvgIpc) is 3.47. The molecule has 51 heavy (non-hydrogen) atoms. The third-order valence-corrected chi connectivity index (χ3v) is 11.0. The maximum absolute atomic E-state index is 15.2. The zero-order valence-corrected chi connectivity index (χ0v) is 28.3. The number of halogens is 2. The normalized spacial score (nSPS) is 26.8. The van der Waals surface area contributed by atoms with Gasteiger partial charge in [-0.15, -0.1) is 0 Å². The Labute approximate surface area is 297 Å². The van der Waals surface area contributed by atoms with Crippen LogP contribution in [-0.4, -0.2) is 62.9 Å². The van der Waals surface area contributed by atoms with Crippen LogP contribution >= 0.6 is 11.6 Å². The fourth-order valence-electron chi connectivity index (χ4n) is 8.72. The zero-order chi connectivity index (χ0) is 36.2. The standard InChI is InChI=1S/C38H35ClFN3O8/c1-2-51-29-6-3-5-26(33(29)46)32-24-16-17-25-31(36(49)42(34(25)47)18-4-7-30(44)45)27(24)19-28-35(48)43(41-23-14-12-22(40)13-15-23)37(50)38(28,32)20-8-10-21(39)11-9-20/h3,5-6,8-16,25,27-28,31-32,41,46H,2,4,7,17-19H2,1H3,(H,44,45)/t25-,27+,28-,31-,32+,38+/m0/s1. The summed E-state index contributed by atoms with van der Waals surface area (Å²) in [5, 5.41) is 22.3. The minimum Gasteiger partial charge on any atom is -0.504 e. The van der Waals surface area contributed by atoms with Gasteiger partial charge in [0.2, 0.25) is 11.8 Å². The first kappa shape index (κ1) is 34.2. The number of hydrazine groups is 1. The number of carboxylic acid groups (broad SMARTS) is 1. The third-order valence-electron chi connectivity index (χ3n) is 10.8. The Morgan fingerprint density at radius 2 is 1.73 bits per heavy atom. The summed E-state index contributed by atoms with van der Waals surface area (Å²) in [6, 6.07) is 16.7.